The second-order valence-electron chi connectivity index (χ2n) is 1.91. The standard InChI is InChI=1S/C6H16ClN2P.C2H6/c1-4-8-10(7)9(5-2)6-3;1-2/h8H,4-6H2,1-3H3;1-2H3. The van der Waals surface area contributed by atoms with Gasteiger partial charge in [-0.3, -0.25) is 9.76 Å². The highest BCUT2D eigenvalue weighted by atomic mass is 35.7. The molecule has 0 aliphatic rings. The Bertz CT molecular complexity index is 79.5. The molecule has 0 aliphatic heterocycles. The third kappa shape index (κ3) is 7.30. The van der Waals surface area contributed by atoms with Gasteiger partial charge < -0.3 is 0 Å². The summed E-state index contributed by atoms with van der Waals surface area (Å²) >= 11 is 6.03. The van der Waals surface area contributed by atoms with Crippen molar-refractivity contribution >= 4 is 18.8 Å². The molecule has 2 nitrogen and oxygen atoms in total. The van der Waals surface area contributed by atoms with Gasteiger partial charge in [-0.25, -0.2) is 0 Å². The minimum Gasteiger partial charge on any atom is -0.271 e. The molecule has 0 saturated heterocycles. The molecule has 0 rings (SSSR count). The first-order valence-electron chi connectivity index (χ1n) is 4.70. The number of hydrogen-bond acceptors (Lipinski definition) is 2. The maximum absolute atomic E-state index is 6.03. The Morgan fingerprint density at radius 2 is 1.58 bits per heavy atom. The lowest BCUT2D eigenvalue weighted by Gasteiger charge is -2.23. The van der Waals surface area contributed by atoms with Gasteiger partial charge in [-0.2, -0.15) is 0 Å². The molecule has 0 fully saturated rings. The molecular formula is C8H22ClN2P. The van der Waals surface area contributed by atoms with Crippen molar-refractivity contribution in [3.63, 3.8) is 0 Å². The van der Waals surface area contributed by atoms with Crippen molar-refractivity contribution in [2.24, 2.45) is 0 Å². The summed E-state index contributed by atoms with van der Waals surface area (Å²) < 4.78 is 2.22. The van der Waals surface area contributed by atoms with E-state index in [2.05, 4.69) is 30.5 Å². The van der Waals surface area contributed by atoms with Crippen LogP contribution in [-0.4, -0.2) is 24.3 Å². The van der Waals surface area contributed by atoms with Crippen LogP contribution in [0.2, 0.25) is 0 Å². The zero-order chi connectivity index (χ0) is 9.98. The summed E-state index contributed by atoms with van der Waals surface area (Å²) in [5.41, 5.74) is 0. The van der Waals surface area contributed by atoms with Gasteiger partial charge in [0.05, 0.1) is 0 Å². The predicted molar refractivity (Wildman–Crippen MR) is 60.7 cm³/mol. The van der Waals surface area contributed by atoms with Gasteiger partial charge in [-0.15, -0.1) is 0 Å². The lowest BCUT2D eigenvalue weighted by Crippen LogP contribution is -2.21. The topological polar surface area (TPSA) is 15.3 Å². The summed E-state index contributed by atoms with van der Waals surface area (Å²) in [6.45, 7) is 13.3. The van der Waals surface area contributed by atoms with Crippen molar-refractivity contribution in [1.82, 2.24) is 9.76 Å². The number of rotatable bonds is 5. The van der Waals surface area contributed by atoms with Gasteiger partial charge in [0.1, 0.15) is 7.58 Å². The molecule has 0 aromatic rings. The summed E-state index contributed by atoms with van der Waals surface area (Å²) in [5, 5.41) is 3.20. The molecule has 0 amide bonds. The molecule has 4 heteroatoms. The van der Waals surface area contributed by atoms with E-state index in [0.29, 0.717) is 0 Å². The highest BCUT2D eigenvalue weighted by molar-refractivity contribution is 7.80. The van der Waals surface area contributed by atoms with E-state index in [1.165, 1.54) is 0 Å². The van der Waals surface area contributed by atoms with Crippen molar-refractivity contribution < 1.29 is 0 Å². The van der Waals surface area contributed by atoms with Crippen LogP contribution in [0.4, 0.5) is 0 Å². The summed E-state index contributed by atoms with van der Waals surface area (Å²) in [7, 11) is -0.589. The van der Waals surface area contributed by atoms with E-state index < -0.39 is 7.58 Å². The van der Waals surface area contributed by atoms with E-state index in [-0.39, 0.29) is 0 Å². The highest BCUT2D eigenvalue weighted by Gasteiger charge is 2.09. The Balaban J connectivity index is 0. The van der Waals surface area contributed by atoms with Crippen LogP contribution < -0.4 is 5.09 Å². The molecule has 0 radical (unpaired) electrons. The van der Waals surface area contributed by atoms with Crippen molar-refractivity contribution in [3.05, 3.63) is 0 Å². The van der Waals surface area contributed by atoms with Crippen LogP contribution in [-0.2, 0) is 0 Å². The molecule has 0 saturated carbocycles. The fraction of sp³-hybridized carbons (Fsp3) is 1.00. The van der Waals surface area contributed by atoms with Crippen molar-refractivity contribution in [2.45, 2.75) is 34.6 Å². The number of hydrogen-bond donors (Lipinski definition) is 1. The normalized spacial score (nSPS) is 12.2. The lowest BCUT2D eigenvalue weighted by atomic mass is 10.7. The van der Waals surface area contributed by atoms with Gasteiger partial charge in [0.25, 0.3) is 0 Å². The second-order valence-corrected chi connectivity index (χ2v) is 4.27. The molecule has 0 heterocycles. The fourth-order valence-electron chi connectivity index (χ4n) is 0.702. The number of halogens is 1. The Morgan fingerprint density at radius 1 is 1.17 bits per heavy atom. The number of nitrogens with one attached hydrogen (secondary N) is 1. The third-order valence-corrected chi connectivity index (χ3v) is 3.91. The van der Waals surface area contributed by atoms with Crippen molar-refractivity contribution in [3.8, 4) is 0 Å². The zero-order valence-corrected chi connectivity index (χ0v) is 10.5. The summed E-state index contributed by atoms with van der Waals surface area (Å²) in [4.78, 5) is 0. The average Bonchev–Trinajstić information content (AvgIpc) is 2.11. The lowest BCUT2D eigenvalue weighted by molar-refractivity contribution is 0.507. The maximum atomic E-state index is 6.03. The number of nitrogens with zero attached hydrogens (tertiary/aromatic N) is 1. The Morgan fingerprint density at radius 3 is 1.83 bits per heavy atom. The molecule has 1 N–H and O–H groups in total. The van der Waals surface area contributed by atoms with Gasteiger partial charge in [0.2, 0.25) is 0 Å². The molecule has 1 unspecified atom stereocenters. The molecule has 0 aromatic heterocycles. The molecule has 1 atom stereocenters. The third-order valence-electron chi connectivity index (χ3n) is 1.27. The molecule has 12 heavy (non-hydrogen) atoms. The van der Waals surface area contributed by atoms with Crippen molar-refractivity contribution in [2.75, 3.05) is 19.6 Å². The van der Waals surface area contributed by atoms with Crippen molar-refractivity contribution in [1.29, 1.82) is 0 Å². The fourth-order valence-corrected chi connectivity index (χ4v) is 2.66. The molecule has 76 valence electrons. The zero-order valence-electron chi connectivity index (χ0n) is 8.89. The van der Waals surface area contributed by atoms with Crippen LogP contribution >= 0.6 is 18.8 Å². The van der Waals surface area contributed by atoms with Crippen LogP contribution in [0.3, 0.4) is 0 Å². The SMILES string of the molecule is CC.CCNP(Cl)N(CC)CC. The van der Waals surface area contributed by atoms with Gasteiger partial charge in [0, 0.05) is 13.1 Å². The summed E-state index contributed by atoms with van der Waals surface area (Å²) in [6.07, 6.45) is 0. The maximum Gasteiger partial charge on any atom is 0.137 e. The summed E-state index contributed by atoms with van der Waals surface area (Å²) in [6, 6.07) is 0. The molecule has 0 aromatic carbocycles. The van der Waals surface area contributed by atoms with E-state index in [9.17, 15) is 0 Å². The molecule has 0 spiro atoms. The van der Waals surface area contributed by atoms with E-state index in [1.807, 2.05) is 13.8 Å². The molecular weight excluding hydrogens is 191 g/mol. The first-order valence-corrected chi connectivity index (χ1v) is 6.90. The van der Waals surface area contributed by atoms with Gasteiger partial charge in [-0.05, 0) is 6.54 Å². The summed E-state index contributed by atoms with van der Waals surface area (Å²) in [5.74, 6) is 0. The monoisotopic (exact) mass is 212 g/mol. The Labute approximate surface area is 83.3 Å². The average molecular weight is 213 g/mol. The second kappa shape index (κ2) is 11.6. The first-order chi connectivity index (χ1) is 5.76. The van der Waals surface area contributed by atoms with Gasteiger partial charge in [-0.1, -0.05) is 45.9 Å². The Kier molecular flexibility index (Phi) is 14.7. The first kappa shape index (κ1) is 15.1. The quantitative estimate of drug-likeness (QED) is 0.703. The predicted octanol–water partition coefficient (Wildman–Crippen LogP) is 3.43. The highest BCUT2D eigenvalue weighted by Crippen LogP contribution is 2.39. The van der Waals surface area contributed by atoms with E-state index in [4.69, 9.17) is 11.2 Å². The largest absolute Gasteiger partial charge is 0.271 e. The minimum absolute atomic E-state index is 0.589. The van der Waals surface area contributed by atoms with Gasteiger partial charge >= 0.3 is 0 Å². The molecule has 0 aliphatic carbocycles. The van der Waals surface area contributed by atoms with Crippen LogP contribution in [0.5, 0.6) is 0 Å². The van der Waals surface area contributed by atoms with E-state index >= 15 is 0 Å². The van der Waals surface area contributed by atoms with Crippen LogP contribution in [0.25, 0.3) is 0 Å². The van der Waals surface area contributed by atoms with Crippen LogP contribution in [0.15, 0.2) is 0 Å². The van der Waals surface area contributed by atoms with Crippen LogP contribution in [0.1, 0.15) is 34.6 Å². The van der Waals surface area contributed by atoms with E-state index in [0.717, 1.165) is 19.6 Å². The Hall–Kier alpha value is 0.640. The minimum atomic E-state index is -0.589. The van der Waals surface area contributed by atoms with Gasteiger partial charge in [0.15, 0.2) is 0 Å². The smallest absolute Gasteiger partial charge is 0.137 e. The molecule has 0 bridgehead atoms. The van der Waals surface area contributed by atoms with E-state index in [1.54, 1.807) is 0 Å². The van der Waals surface area contributed by atoms with Crippen LogP contribution in [0, 0.1) is 0 Å².